The van der Waals surface area contributed by atoms with Crippen molar-refractivity contribution in [3.63, 3.8) is 0 Å². The van der Waals surface area contributed by atoms with Gasteiger partial charge >= 0.3 is 0 Å². The molecule has 5 nitrogen and oxygen atoms in total. The molecule has 3 heterocycles. The van der Waals surface area contributed by atoms with Gasteiger partial charge < -0.3 is 8.98 Å². The van der Waals surface area contributed by atoms with E-state index in [1.807, 2.05) is 24.3 Å². The Labute approximate surface area is 345 Å². The summed E-state index contributed by atoms with van der Waals surface area (Å²) in [6.45, 7) is 0. The van der Waals surface area contributed by atoms with Crippen LogP contribution < -0.4 is 0 Å². The minimum Gasteiger partial charge on any atom is -0.455 e. The summed E-state index contributed by atoms with van der Waals surface area (Å²) in [5.74, 6) is 1.68. The van der Waals surface area contributed by atoms with E-state index in [0.717, 1.165) is 77.6 Å². The van der Waals surface area contributed by atoms with Crippen molar-refractivity contribution in [3.05, 3.63) is 206 Å². The first kappa shape index (κ1) is 33.9. The Bertz CT molecular complexity index is 3590. The Morgan fingerprint density at radius 1 is 0.333 bits per heavy atom. The highest BCUT2D eigenvalue weighted by Gasteiger charge is 2.25. The summed E-state index contributed by atoms with van der Waals surface area (Å²) >= 11 is 0. The van der Waals surface area contributed by atoms with Crippen LogP contribution in [0.4, 0.5) is 0 Å². The lowest BCUT2D eigenvalue weighted by molar-refractivity contribution is 0.669. The molecule has 0 aliphatic rings. The molecular weight excluding hydrogens is 733 g/mol. The smallest absolute Gasteiger partial charge is 0.170 e. The van der Waals surface area contributed by atoms with Crippen molar-refractivity contribution in [3.8, 4) is 62.1 Å². The van der Waals surface area contributed by atoms with Crippen molar-refractivity contribution in [2.45, 2.75) is 0 Å². The number of rotatable bonds is 6. The maximum Gasteiger partial charge on any atom is 0.170 e. The van der Waals surface area contributed by atoms with Gasteiger partial charge in [0.15, 0.2) is 17.5 Å². The minimum absolute atomic E-state index is 0.527. The molecule has 0 amide bonds. The van der Waals surface area contributed by atoms with Crippen LogP contribution in [-0.2, 0) is 0 Å². The monoisotopic (exact) mass is 766 g/mol. The maximum absolute atomic E-state index is 6.89. The predicted molar refractivity (Wildman–Crippen MR) is 246 cm³/mol. The highest BCUT2D eigenvalue weighted by molar-refractivity contribution is 6.16. The van der Waals surface area contributed by atoms with Gasteiger partial charge in [-0.1, -0.05) is 164 Å². The summed E-state index contributed by atoms with van der Waals surface area (Å²) in [6, 6.07) is 72.1. The van der Waals surface area contributed by atoms with Crippen molar-refractivity contribution in [1.29, 1.82) is 0 Å². The number of hydrogen-bond acceptors (Lipinski definition) is 4. The summed E-state index contributed by atoms with van der Waals surface area (Å²) in [5.41, 5.74) is 11.7. The van der Waals surface area contributed by atoms with Gasteiger partial charge in [0.05, 0.1) is 22.3 Å². The van der Waals surface area contributed by atoms with Crippen molar-refractivity contribution in [2.75, 3.05) is 0 Å². The third-order valence-electron chi connectivity index (χ3n) is 11.6. The number of nitrogens with zero attached hydrogens (tertiary/aromatic N) is 4. The predicted octanol–water partition coefficient (Wildman–Crippen LogP) is 14.4. The lowest BCUT2D eigenvalue weighted by Crippen LogP contribution is -2.04. The van der Waals surface area contributed by atoms with E-state index in [4.69, 9.17) is 19.4 Å². The van der Waals surface area contributed by atoms with Crippen LogP contribution in [0.2, 0.25) is 0 Å². The topological polar surface area (TPSA) is 56.7 Å². The molecule has 0 N–H and O–H groups in total. The van der Waals surface area contributed by atoms with Gasteiger partial charge in [0, 0.05) is 32.7 Å². The van der Waals surface area contributed by atoms with Crippen LogP contribution in [0, 0.1) is 0 Å². The summed E-state index contributed by atoms with van der Waals surface area (Å²) in [5, 5.41) is 6.74. The summed E-state index contributed by atoms with van der Waals surface area (Å²) in [7, 11) is 0. The highest BCUT2D eigenvalue weighted by atomic mass is 16.3. The van der Waals surface area contributed by atoms with E-state index in [2.05, 4.69) is 187 Å². The average Bonchev–Trinajstić information content (AvgIpc) is 3.86. The lowest BCUT2D eigenvalue weighted by atomic mass is 10.0. The van der Waals surface area contributed by atoms with Gasteiger partial charge in [-0.15, -0.1) is 0 Å². The van der Waals surface area contributed by atoms with Gasteiger partial charge in [-0.2, -0.15) is 0 Å². The molecule has 3 aromatic heterocycles. The van der Waals surface area contributed by atoms with Crippen LogP contribution in [0.5, 0.6) is 0 Å². The molecule has 0 aliphatic heterocycles. The molecule has 9 aromatic carbocycles. The molecule has 0 saturated heterocycles. The molecule has 0 atom stereocenters. The fourth-order valence-corrected chi connectivity index (χ4v) is 8.75. The molecule has 5 heteroatoms. The molecule has 0 saturated carbocycles. The molecular formula is C55H34N4O. The van der Waals surface area contributed by atoms with E-state index >= 15 is 0 Å². The molecule has 12 aromatic rings. The van der Waals surface area contributed by atoms with E-state index in [-0.39, 0.29) is 0 Å². The Morgan fingerprint density at radius 2 is 0.900 bits per heavy atom. The number of fused-ring (bicyclic) bond motifs is 7. The largest absolute Gasteiger partial charge is 0.455 e. The quantitative estimate of drug-likeness (QED) is 0.169. The van der Waals surface area contributed by atoms with Crippen molar-refractivity contribution >= 4 is 54.5 Å². The lowest BCUT2D eigenvalue weighted by Gasteiger charge is -2.15. The van der Waals surface area contributed by atoms with Crippen LogP contribution in [0.15, 0.2) is 211 Å². The number of para-hydroxylation sites is 2. The van der Waals surface area contributed by atoms with Gasteiger partial charge in [0.1, 0.15) is 11.2 Å². The third kappa shape index (κ3) is 5.59. The summed E-state index contributed by atoms with van der Waals surface area (Å²) < 4.78 is 9.24. The molecule has 0 radical (unpaired) electrons. The Morgan fingerprint density at radius 3 is 1.68 bits per heavy atom. The SMILES string of the molecule is c1ccc(-c2ccc(-c3nc(-c4cccc(-c5ccccc5)c4)nc(-c4c(-n5c6ccccc6c6cc7ccccc7cc65)ccc5c4oc4ccccc45)n3)cc2)cc1. The normalized spacial score (nSPS) is 11.7. The minimum atomic E-state index is 0.527. The number of hydrogen-bond donors (Lipinski definition) is 0. The van der Waals surface area contributed by atoms with Crippen molar-refractivity contribution in [2.24, 2.45) is 0 Å². The van der Waals surface area contributed by atoms with E-state index in [0.29, 0.717) is 17.5 Å². The van der Waals surface area contributed by atoms with Gasteiger partial charge in [-0.25, -0.2) is 15.0 Å². The fourth-order valence-electron chi connectivity index (χ4n) is 8.75. The number of benzene rings is 9. The van der Waals surface area contributed by atoms with Crippen molar-refractivity contribution < 1.29 is 4.42 Å². The van der Waals surface area contributed by atoms with E-state index < -0.39 is 0 Å². The molecule has 0 unspecified atom stereocenters. The zero-order chi connectivity index (χ0) is 39.6. The second-order valence-electron chi connectivity index (χ2n) is 15.2. The first-order chi connectivity index (χ1) is 29.7. The summed E-state index contributed by atoms with van der Waals surface area (Å²) in [6.07, 6.45) is 0. The maximum atomic E-state index is 6.89. The van der Waals surface area contributed by atoms with E-state index in [9.17, 15) is 0 Å². The Balaban J connectivity index is 1.16. The van der Waals surface area contributed by atoms with E-state index in [1.165, 1.54) is 21.5 Å². The second kappa shape index (κ2) is 13.8. The molecule has 280 valence electrons. The van der Waals surface area contributed by atoms with Crippen LogP contribution in [0.3, 0.4) is 0 Å². The Kier molecular flexibility index (Phi) is 7.78. The fraction of sp³-hybridized carbons (Fsp3) is 0. The van der Waals surface area contributed by atoms with Gasteiger partial charge in [-0.05, 0) is 75.5 Å². The highest BCUT2D eigenvalue weighted by Crippen LogP contribution is 2.43. The zero-order valence-corrected chi connectivity index (χ0v) is 32.3. The molecule has 0 aliphatic carbocycles. The number of furan rings is 1. The van der Waals surface area contributed by atoms with Crippen molar-refractivity contribution in [1.82, 2.24) is 19.5 Å². The third-order valence-corrected chi connectivity index (χ3v) is 11.6. The van der Waals surface area contributed by atoms with Crippen LogP contribution in [0.25, 0.3) is 117 Å². The van der Waals surface area contributed by atoms with Crippen LogP contribution in [-0.4, -0.2) is 19.5 Å². The van der Waals surface area contributed by atoms with Gasteiger partial charge in [0.2, 0.25) is 0 Å². The molecule has 0 bridgehead atoms. The van der Waals surface area contributed by atoms with E-state index in [1.54, 1.807) is 0 Å². The second-order valence-corrected chi connectivity index (χ2v) is 15.2. The molecule has 12 rings (SSSR count). The van der Waals surface area contributed by atoms with Gasteiger partial charge in [0.25, 0.3) is 0 Å². The first-order valence-electron chi connectivity index (χ1n) is 20.2. The number of aromatic nitrogens is 4. The average molecular weight is 767 g/mol. The first-order valence-corrected chi connectivity index (χ1v) is 20.2. The molecule has 0 fully saturated rings. The zero-order valence-electron chi connectivity index (χ0n) is 32.3. The standard InChI is InChI=1S/C55H34N4O/c1-3-14-35(15-4-1)37-26-28-38(29-27-37)53-56-54(42-21-13-20-39(32-42)36-16-5-2-6-17-36)58-55(57-53)51-48(31-30-45-44-23-10-12-25-50(44)60-52(45)51)59-47-24-11-9-22-43(47)46-33-40-18-7-8-19-41(40)34-49(46)59/h1-34H. The molecule has 0 spiro atoms. The Hall–Kier alpha value is -8.15. The molecule has 60 heavy (non-hydrogen) atoms. The summed E-state index contributed by atoms with van der Waals surface area (Å²) in [4.78, 5) is 16.0. The van der Waals surface area contributed by atoms with Gasteiger partial charge in [-0.3, -0.25) is 0 Å². The van der Waals surface area contributed by atoms with Crippen LogP contribution >= 0.6 is 0 Å². The van der Waals surface area contributed by atoms with Crippen LogP contribution in [0.1, 0.15) is 0 Å².